The number of hydrogen-bond donors (Lipinski definition) is 0. The van der Waals surface area contributed by atoms with Crippen molar-refractivity contribution in [2.24, 2.45) is 0 Å². The zero-order chi connectivity index (χ0) is 6.91. The first-order chi connectivity index (χ1) is 4.19. The molecule has 1 saturated carbocycles. The van der Waals surface area contributed by atoms with Gasteiger partial charge in [0.15, 0.2) is 0 Å². The number of carbonyl (C=O) groups is 1. The van der Waals surface area contributed by atoms with Gasteiger partial charge in [-0.15, -0.1) is 0 Å². The smallest absolute Gasteiger partial charge is 0.149 e. The lowest BCUT2D eigenvalue weighted by Crippen LogP contribution is -2.38. The van der Waals surface area contributed by atoms with E-state index in [4.69, 9.17) is 0 Å². The second-order valence-electron chi connectivity index (χ2n) is 2.60. The minimum Gasteiger partial charge on any atom is -0.298 e. The van der Waals surface area contributed by atoms with Crippen molar-refractivity contribution >= 4 is 21.7 Å². The molecule has 1 aliphatic carbocycles. The molecule has 0 amide bonds. The summed E-state index contributed by atoms with van der Waals surface area (Å²) >= 11 is 3.44. The van der Waals surface area contributed by atoms with Gasteiger partial charge in [0, 0.05) is 6.42 Å². The molecule has 2 heteroatoms. The van der Waals surface area contributed by atoms with Crippen LogP contribution in [0.3, 0.4) is 0 Å². The molecule has 1 rings (SSSR count). The van der Waals surface area contributed by atoms with Crippen LogP contribution >= 0.6 is 15.9 Å². The monoisotopic (exact) mass is 190 g/mol. The van der Waals surface area contributed by atoms with Crippen LogP contribution in [0.25, 0.3) is 0 Å². The third kappa shape index (κ3) is 1.18. The highest BCUT2D eigenvalue weighted by atomic mass is 79.9. The first-order valence-electron chi connectivity index (χ1n) is 3.41. The molecule has 0 unspecified atom stereocenters. The maximum absolute atomic E-state index is 11.1. The molecule has 0 aliphatic heterocycles. The van der Waals surface area contributed by atoms with E-state index >= 15 is 0 Å². The van der Waals surface area contributed by atoms with Gasteiger partial charge in [0.2, 0.25) is 0 Å². The van der Waals surface area contributed by atoms with Crippen molar-refractivity contribution < 1.29 is 4.79 Å². The van der Waals surface area contributed by atoms with Crippen LogP contribution in [-0.4, -0.2) is 10.1 Å². The van der Waals surface area contributed by atoms with Gasteiger partial charge in [0.05, 0.1) is 4.32 Å². The van der Waals surface area contributed by atoms with E-state index in [1.165, 1.54) is 6.42 Å². The normalized spacial score (nSPS) is 22.9. The average Bonchev–Trinajstić information content (AvgIpc) is 1.81. The molecule has 0 saturated heterocycles. The Hall–Kier alpha value is 0.150. The highest BCUT2D eigenvalue weighted by molar-refractivity contribution is 9.10. The zero-order valence-electron chi connectivity index (χ0n) is 5.61. The maximum Gasteiger partial charge on any atom is 0.149 e. The van der Waals surface area contributed by atoms with Crippen molar-refractivity contribution in [2.45, 2.75) is 36.9 Å². The molecule has 0 aromatic rings. The molecule has 0 radical (unpaired) electrons. The number of ketones is 1. The Labute approximate surface area is 64.0 Å². The topological polar surface area (TPSA) is 17.1 Å². The average molecular weight is 191 g/mol. The molecule has 0 N–H and O–H groups in total. The number of carbonyl (C=O) groups excluding carboxylic acids is 1. The van der Waals surface area contributed by atoms with Crippen LogP contribution in [0.4, 0.5) is 0 Å². The molecular weight excluding hydrogens is 180 g/mol. The van der Waals surface area contributed by atoms with E-state index in [2.05, 4.69) is 15.9 Å². The van der Waals surface area contributed by atoms with Gasteiger partial charge in [0.1, 0.15) is 5.78 Å². The Kier molecular flexibility index (Phi) is 1.94. The molecule has 0 spiro atoms. The summed E-state index contributed by atoms with van der Waals surface area (Å²) in [6, 6.07) is 0. The van der Waals surface area contributed by atoms with Crippen LogP contribution in [0.5, 0.6) is 0 Å². The molecular formula is C7H11BrO. The second kappa shape index (κ2) is 2.41. The lowest BCUT2D eigenvalue weighted by molar-refractivity contribution is -0.122. The SMILES string of the molecule is CCC(=O)C1(Br)CCC1. The molecule has 1 fully saturated rings. The summed E-state index contributed by atoms with van der Waals surface area (Å²) in [5.41, 5.74) is 0. The van der Waals surface area contributed by atoms with Crippen molar-refractivity contribution in [3.8, 4) is 0 Å². The summed E-state index contributed by atoms with van der Waals surface area (Å²) in [5, 5.41) is 0. The van der Waals surface area contributed by atoms with Crippen LogP contribution in [0.1, 0.15) is 32.6 Å². The van der Waals surface area contributed by atoms with E-state index in [1.54, 1.807) is 0 Å². The van der Waals surface area contributed by atoms with E-state index < -0.39 is 0 Å². The van der Waals surface area contributed by atoms with Crippen LogP contribution in [0.2, 0.25) is 0 Å². The largest absolute Gasteiger partial charge is 0.298 e. The minimum atomic E-state index is -0.0955. The van der Waals surface area contributed by atoms with Crippen LogP contribution in [0.15, 0.2) is 0 Å². The summed E-state index contributed by atoms with van der Waals surface area (Å²) in [6.45, 7) is 1.92. The Morgan fingerprint density at radius 3 is 2.33 bits per heavy atom. The maximum atomic E-state index is 11.1. The molecule has 0 atom stereocenters. The Morgan fingerprint density at radius 2 is 2.22 bits per heavy atom. The molecule has 0 aromatic carbocycles. The fourth-order valence-corrected chi connectivity index (χ4v) is 1.92. The summed E-state index contributed by atoms with van der Waals surface area (Å²) in [4.78, 5) is 11.1. The van der Waals surface area contributed by atoms with Crippen molar-refractivity contribution in [2.75, 3.05) is 0 Å². The fourth-order valence-electron chi connectivity index (χ4n) is 1.08. The predicted octanol–water partition coefficient (Wildman–Crippen LogP) is 2.28. The Bertz CT molecular complexity index is 127. The fraction of sp³-hybridized carbons (Fsp3) is 0.857. The molecule has 1 nitrogen and oxygen atoms in total. The van der Waals surface area contributed by atoms with Gasteiger partial charge >= 0.3 is 0 Å². The van der Waals surface area contributed by atoms with Crippen LogP contribution in [-0.2, 0) is 4.79 Å². The summed E-state index contributed by atoms with van der Waals surface area (Å²) in [7, 11) is 0. The van der Waals surface area contributed by atoms with E-state index in [1.807, 2.05) is 6.92 Å². The van der Waals surface area contributed by atoms with Crippen molar-refractivity contribution in [1.82, 2.24) is 0 Å². The number of halogens is 1. The van der Waals surface area contributed by atoms with Gasteiger partial charge in [-0.2, -0.15) is 0 Å². The summed E-state index contributed by atoms with van der Waals surface area (Å²) < 4.78 is -0.0955. The molecule has 0 bridgehead atoms. The molecule has 0 heterocycles. The van der Waals surface area contributed by atoms with Gasteiger partial charge in [-0.1, -0.05) is 22.9 Å². The second-order valence-corrected chi connectivity index (χ2v) is 4.11. The highest BCUT2D eigenvalue weighted by Crippen LogP contribution is 2.41. The van der Waals surface area contributed by atoms with Gasteiger partial charge in [0.25, 0.3) is 0 Å². The first kappa shape index (κ1) is 7.26. The Balaban J connectivity index is 2.49. The summed E-state index contributed by atoms with van der Waals surface area (Å²) in [6.07, 6.45) is 3.96. The number of rotatable bonds is 2. The third-order valence-electron chi connectivity index (χ3n) is 1.97. The lowest BCUT2D eigenvalue weighted by atomic mass is 9.81. The summed E-state index contributed by atoms with van der Waals surface area (Å²) in [5.74, 6) is 0.369. The number of hydrogen-bond acceptors (Lipinski definition) is 1. The molecule has 1 aliphatic rings. The Morgan fingerprint density at radius 1 is 1.67 bits per heavy atom. The quantitative estimate of drug-likeness (QED) is 0.612. The third-order valence-corrected chi connectivity index (χ3v) is 3.20. The minimum absolute atomic E-state index is 0.0955. The lowest BCUT2D eigenvalue weighted by Gasteiger charge is -2.34. The van der Waals surface area contributed by atoms with E-state index in [0.717, 1.165) is 12.8 Å². The molecule has 52 valence electrons. The van der Waals surface area contributed by atoms with E-state index in [-0.39, 0.29) is 4.32 Å². The van der Waals surface area contributed by atoms with Gasteiger partial charge in [-0.3, -0.25) is 4.79 Å². The molecule has 9 heavy (non-hydrogen) atoms. The highest BCUT2D eigenvalue weighted by Gasteiger charge is 2.39. The van der Waals surface area contributed by atoms with E-state index in [9.17, 15) is 4.79 Å². The number of Topliss-reactive ketones (excluding diaryl/α,β-unsaturated/α-hetero) is 1. The number of alkyl halides is 1. The van der Waals surface area contributed by atoms with Gasteiger partial charge < -0.3 is 0 Å². The van der Waals surface area contributed by atoms with Crippen LogP contribution < -0.4 is 0 Å². The van der Waals surface area contributed by atoms with Crippen molar-refractivity contribution in [1.29, 1.82) is 0 Å². The van der Waals surface area contributed by atoms with E-state index in [0.29, 0.717) is 12.2 Å². The predicted molar refractivity (Wildman–Crippen MR) is 40.8 cm³/mol. The van der Waals surface area contributed by atoms with Crippen molar-refractivity contribution in [3.63, 3.8) is 0 Å². The molecule has 0 aromatic heterocycles. The van der Waals surface area contributed by atoms with Crippen molar-refractivity contribution in [3.05, 3.63) is 0 Å². The zero-order valence-corrected chi connectivity index (χ0v) is 7.20. The standard InChI is InChI=1S/C7H11BrO/c1-2-6(9)7(8)4-3-5-7/h2-5H2,1H3. The van der Waals surface area contributed by atoms with Crippen LogP contribution in [0, 0.1) is 0 Å². The van der Waals surface area contributed by atoms with Gasteiger partial charge in [-0.05, 0) is 19.3 Å². The van der Waals surface area contributed by atoms with Gasteiger partial charge in [-0.25, -0.2) is 0 Å². The first-order valence-corrected chi connectivity index (χ1v) is 4.20.